The second kappa shape index (κ2) is 8.02. The van der Waals surface area contributed by atoms with Gasteiger partial charge < -0.3 is 19.9 Å². The van der Waals surface area contributed by atoms with Gasteiger partial charge in [0.25, 0.3) is 0 Å². The number of aromatic amines is 1. The summed E-state index contributed by atoms with van der Waals surface area (Å²) in [4.78, 5) is 14.2. The summed E-state index contributed by atoms with van der Waals surface area (Å²) in [5.41, 5.74) is 1.56. The van der Waals surface area contributed by atoms with Gasteiger partial charge in [0.15, 0.2) is 5.82 Å². The van der Waals surface area contributed by atoms with E-state index >= 15 is 0 Å². The summed E-state index contributed by atoms with van der Waals surface area (Å²) in [5, 5.41) is 3.83. The number of hydrogen-bond acceptors (Lipinski definition) is 5. The Kier molecular flexibility index (Phi) is 4.93. The summed E-state index contributed by atoms with van der Waals surface area (Å²) in [6, 6.07) is 15.4. The number of hydrogen-bond donors (Lipinski definition) is 2. The molecule has 0 unspecified atom stereocenters. The number of para-hydroxylation sites is 1. The molecule has 3 heterocycles. The van der Waals surface area contributed by atoms with Gasteiger partial charge in [-0.1, -0.05) is 18.2 Å². The Hall–Kier alpha value is -3.61. The van der Waals surface area contributed by atoms with Crippen LogP contribution in [0.4, 0.5) is 21.7 Å². The molecule has 5 rings (SSSR count). The third-order valence-electron chi connectivity index (χ3n) is 5.34. The van der Waals surface area contributed by atoms with Crippen LogP contribution in [-0.4, -0.2) is 34.1 Å². The standard InChI is InChI=1S/C23H22FN5O/c24-20-13-26-21-12-16(6-7-19(20)21)27-22-14-25-15-23(28-22)29-10-8-18(9-11-29)30-17-4-2-1-3-5-17/h1-7,12-15,18,26H,8-11H2,(H,27,28). The van der Waals surface area contributed by atoms with Gasteiger partial charge >= 0.3 is 0 Å². The second-order valence-corrected chi connectivity index (χ2v) is 7.40. The molecular formula is C23H22FN5O. The van der Waals surface area contributed by atoms with Crippen molar-refractivity contribution in [1.29, 1.82) is 0 Å². The lowest BCUT2D eigenvalue weighted by atomic mass is 10.1. The smallest absolute Gasteiger partial charge is 0.151 e. The van der Waals surface area contributed by atoms with Gasteiger partial charge in [0, 0.05) is 43.2 Å². The van der Waals surface area contributed by atoms with E-state index in [2.05, 4.69) is 20.2 Å². The minimum atomic E-state index is -0.252. The molecule has 0 atom stereocenters. The molecule has 1 saturated heterocycles. The Labute approximate surface area is 173 Å². The van der Waals surface area contributed by atoms with Crippen LogP contribution in [0.2, 0.25) is 0 Å². The van der Waals surface area contributed by atoms with E-state index in [1.807, 2.05) is 42.5 Å². The van der Waals surface area contributed by atoms with E-state index < -0.39 is 0 Å². The molecular weight excluding hydrogens is 381 g/mol. The van der Waals surface area contributed by atoms with Gasteiger partial charge in [-0.25, -0.2) is 9.37 Å². The number of nitrogens with zero attached hydrogens (tertiary/aromatic N) is 3. The maximum atomic E-state index is 13.6. The van der Waals surface area contributed by atoms with Crippen LogP contribution in [0.1, 0.15) is 12.8 Å². The van der Waals surface area contributed by atoms with Gasteiger partial charge in [-0.3, -0.25) is 4.98 Å². The fourth-order valence-electron chi connectivity index (χ4n) is 3.78. The van der Waals surface area contributed by atoms with Crippen molar-refractivity contribution in [1.82, 2.24) is 15.0 Å². The first kappa shape index (κ1) is 18.4. The molecule has 6 nitrogen and oxygen atoms in total. The van der Waals surface area contributed by atoms with Crippen LogP contribution >= 0.6 is 0 Å². The van der Waals surface area contributed by atoms with E-state index in [9.17, 15) is 4.39 Å². The molecule has 1 aliphatic rings. The minimum absolute atomic E-state index is 0.214. The van der Waals surface area contributed by atoms with Gasteiger partial charge in [0.2, 0.25) is 0 Å². The van der Waals surface area contributed by atoms with Crippen molar-refractivity contribution in [2.24, 2.45) is 0 Å². The summed E-state index contributed by atoms with van der Waals surface area (Å²) in [5.74, 6) is 2.16. The number of ether oxygens (including phenoxy) is 1. The molecule has 0 aliphatic carbocycles. The van der Waals surface area contributed by atoms with Gasteiger partial charge in [-0.15, -0.1) is 0 Å². The predicted molar refractivity (Wildman–Crippen MR) is 116 cm³/mol. The van der Waals surface area contributed by atoms with Gasteiger partial charge in [-0.05, 0) is 30.3 Å². The van der Waals surface area contributed by atoms with Crippen LogP contribution in [0, 0.1) is 5.82 Å². The number of anilines is 3. The number of halogens is 1. The minimum Gasteiger partial charge on any atom is -0.490 e. The molecule has 7 heteroatoms. The topological polar surface area (TPSA) is 66.1 Å². The highest BCUT2D eigenvalue weighted by Crippen LogP contribution is 2.25. The van der Waals surface area contributed by atoms with E-state index in [1.165, 1.54) is 6.20 Å². The van der Waals surface area contributed by atoms with Gasteiger partial charge in [0.1, 0.15) is 23.5 Å². The Morgan fingerprint density at radius 1 is 1.07 bits per heavy atom. The molecule has 0 amide bonds. The van der Waals surface area contributed by atoms with Crippen molar-refractivity contribution in [2.75, 3.05) is 23.3 Å². The van der Waals surface area contributed by atoms with Crippen LogP contribution < -0.4 is 15.0 Å². The lowest BCUT2D eigenvalue weighted by Gasteiger charge is -2.32. The van der Waals surface area contributed by atoms with E-state index in [0.717, 1.165) is 48.7 Å². The van der Waals surface area contributed by atoms with Gasteiger partial charge in [0.05, 0.1) is 17.9 Å². The number of nitrogens with one attached hydrogen (secondary N) is 2. The van der Waals surface area contributed by atoms with Crippen molar-refractivity contribution in [2.45, 2.75) is 18.9 Å². The highest BCUT2D eigenvalue weighted by atomic mass is 19.1. The summed E-state index contributed by atoms with van der Waals surface area (Å²) in [7, 11) is 0. The Balaban J connectivity index is 1.23. The van der Waals surface area contributed by atoms with E-state index in [0.29, 0.717) is 11.2 Å². The van der Waals surface area contributed by atoms with Crippen LogP contribution in [0.3, 0.4) is 0 Å². The van der Waals surface area contributed by atoms with Crippen LogP contribution in [0.5, 0.6) is 5.75 Å². The van der Waals surface area contributed by atoms with Crippen molar-refractivity contribution in [3.05, 3.63) is 72.9 Å². The molecule has 1 fully saturated rings. The molecule has 0 radical (unpaired) electrons. The Bertz CT molecular complexity index is 1140. The van der Waals surface area contributed by atoms with Crippen molar-refractivity contribution in [3.8, 4) is 5.75 Å². The third-order valence-corrected chi connectivity index (χ3v) is 5.34. The normalized spacial score (nSPS) is 14.8. The number of benzene rings is 2. The Morgan fingerprint density at radius 2 is 1.90 bits per heavy atom. The molecule has 0 spiro atoms. The summed E-state index contributed by atoms with van der Waals surface area (Å²) < 4.78 is 19.7. The number of H-pyrrole nitrogens is 1. The first-order valence-electron chi connectivity index (χ1n) is 10.1. The molecule has 4 aromatic rings. The molecule has 0 bridgehead atoms. The molecule has 30 heavy (non-hydrogen) atoms. The Morgan fingerprint density at radius 3 is 2.73 bits per heavy atom. The third kappa shape index (κ3) is 3.91. The number of rotatable bonds is 5. The SMILES string of the molecule is Fc1c[nH]c2cc(Nc3cncc(N4CCC(Oc5ccccc5)CC4)n3)ccc12. The van der Waals surface area contributed by atoms with Gasteiger partial charge in [-0.2, -0.15) is 0 Å². The lowest BCUT2D eigenvalue weighted by molar-refractivity contribution is 0.170. The van der Waals surface area contributed by atoms with Crippen LogP contribution in [0.15, 0.2) is 67.1 Å². The van der Waals surface area contributed by atoms with Crippen LogP contribution in [0.25, 0.3) is 10.9 Å². The largest absolute Gasteiger partial charge is 0.490 e. The van der Waals surface area contributed by atoms with E-state index in [4.69, 9.17) is 9.72 Å². The quantitative estimate of drug-likeness (QED) is 0.497. The fraction of sp³-hybridized carbons (Fsp3) is 0.217. The summed E-state index contributed by atoms with van der Waals surface area (Å²) in [6.45, 7) is 1.73. The van der Waals surface area contributed by atoms with Crippen LogP contribution in [-0.2, 0) is 0 Å². The summed E-state index contributed by atoms with van der Waals surface area (Å²) >= 11 is 0. The zero-order chi connectivity index (χ0) is 20.3. The summed E-state index contributed by atoms with van der Waals surface area (Å²) in [6.07, 6.45) is 6.92. The maximum Gasteiger partial charge on any atom is 0.151 e. The molecule has 0 saturated carbocycles. The number of piperidine rings is 1. The maximum absolute atomic E-state index is 13.6. The molecule has 1 aliphatic heterocycles. The monoisotopic (exact) mass is 403 g/mol. The molecule has 2 N–H and O–H groups in total. The van der Waals surface area contributed by atoms with Crippen molar-refractivity contribution >= 4 is 28.2 Å². The first-order chi connectivity index (χ1) is 14.7. The number of fused-ring (bicyclic) bond motifs is 1. The van der Waals surface area contributed by atoms with Crippen molar-refractivity contribution in [3.63, 3.8) is 0 Å². The number of aromatic nitrogens is 3. The average molecular weight is 403 g/mol. The molecule has 152 valence electrons. The lowest BCUT2D eigenvalue weighted by Crippen LogP contribution is -2.38. The molecule has 2 aromatic carbocycles. The van der Waals surface area contributed by atoms with Crippen molar-refractivity contribution < 1.29 is 9.13 Å². The fourth-order valence-corrected chi connectivity index (χ4v) is 3.78. The highest BCUT2D eigenvalue weighted by Gasteiger charge is 2.22. The second-order valence-electron chi connectivity index (χ2n) is 7.40. The zero-order valence-electron chi connectivity index (χ0n) is 16.4. The van der Waals surface area contributed by atoms with E-state index in [1.54, 1.807) is 18.5 Å². The zero-order valence-corrected chi connectivity index (χ0v) is 16.4. The predicted octanol–water partition coefficient (Wildman–Crippen LogP) is 4.89. The molecule has 2 aromatic heterocycles. The van der Waals surface area contributed by atoms with E-state index in [-0.39, 0.29) is 11.9 Å². The average Bonchev–Trinajstić information content (AvgIpc) is 3.15. The highest BCUT2D eigenvalue weighted by molar-refractivity contribution is 5.84. The first-order valence-corrected chi connectivity index (χ1v) is 10.1.